The van der Waals surface area contributed by atoms with Crippen LogP contribution in [0.15, 0.2) is 60.0 Å². The second-order valence-corrected chi connectivity index (χ2v) is 7.84. The normalized spacial score (nSPS) is 12.0. The monoisotopic (exact) mass is 442 g/mol. The molecule has 4 rings (SSSR count). The first-order valence-electron chi connectivity index (χ1n) is 9.34. The highest BCUT2D eigenvalue weighted by Crippen LogP contribution is 2.27. The van der Waals surface area contributed by atoms with Crippen molar-refractivity contribution in [3.05, 3.63) is 88.8 Å². The summed E-state index contributed by atoms with van der Waals surface area (Å²) in [6.07, 6.45) is 0. The number of hydrogen-bond acceptors (Lipinski definition) is 4. The molecule has 5 nitrogen and oxygen atoms in total. The van der Waals surface area contributed by atoms with Crippen molar-refractivity contribution in [3.63, 3.8) is 0 Å². The van der Waals surface area contributed by atoms with Crippen LogP contribution in [-0.2, 0) is 0 Å². The first kappa shape index (κ1) is 20.8. The molecule has 2 heterocycles. The average Bonchev–Trinajstić information content (AvgIpc) is 3.44. The molecule has 1 unspecified atom stereocenters. The highest BCUT2D eigenvalue weighted by molar-refractivity contribution is 7.13. The number of carbonyl (C=O) groups is 1. The van der Waals surface area contributed by atoms with Crippen LogP contribution in [0.4, 0.5) is 13.2 Å². The van der Waals surface area contributed by atoms with E-state index in [1.54, 1.807) is 19.1 Å². The molecule has 0 N–H and O–H groups in total. The highest BCUT2D eigenvalue weighted by atomic mass is 32.1. The molecule has 1 amide bonds. The summed E-state index contributed by atoms with van der Waals surface area (Å²) in [4.78, 5) is 19.7. The van der Waals surface area contributed by atoms with Crippen LogP contribution in [-0.4, -0.2) is 32.6 Å². The van der Waals surface area contributed by atoms with Gasteiger partial charge in [-0.05, 0) is 60.3 Å². The Morgan fingerprint density at radius 2 is 1.81 bits per heavy atom. The summed E-state index contributed by atoms with van der Waals surface area (Å²) >= 11 is 1.43. The van der Waals surface area contributed by atoms with Crippen molar-refractivity contribution in [3.8, 4) is 16.4 Å². The van der Waals surface area contributed by atoms with Crippen molar-refractivity contribution in [2.24, 2.45) is 0 Å². The third-order valence-electron chi connectivity index (χ3n) is 4.94. The summed E-state index contributed by atoms with van der Waals surface area (Å²) in [5.41, 5.74) is 0.985. The largest absolute Gasteiger partial charge is 0.332 e. The van der Waals surface area contributed by atoms with E-state index < -0.39 is 29.4 Å². The van der Waals surface area contributed by atoms with Gasteiger partial charge in [0.25, 0.3) is 5.91 Å². The molecule has 0 aliphatic rings. The van der Waals surface area contributed by atoms with Gasteiger partial charge in [-0.3, -0.25) is 4.79 Å². The van der Waals surface area contributed by atoms with Gasteiger partial charge in [-0.1, -0.05) is 12.1 Å². The summed E-state index contributed by atoms with van der Waals surface area (Å²) < 4.78 is 41.7. The lowest BCUT2D eigenvalue weighted by Crippen LogP contribution is -2.30. The number of aromatic nitrogens is 3. The number of hydrogen-bond donors (Lipinski definition) is 0. The van der Waals surface area contributed by atoms with Gasteiger partial charge in [0.15, 0.2) is 17.5 Å². The molecule has 0 aliphatic heterocycles. The molecule has 1 atom stereocenters. The Kier molecular flexibility index (Phi) is 5.60. The van der Waals surface area contributed by atoms with Crippen molar-refractivity contribution >= 4 is 17.2 Å². The predicted octanol–water partition coefficient (Wildman–Crippen LogP) is 5.25. The number of thiophene rings is 1. The van der Waals surface area contributed by atoms with E-state index in [0.29, 0.717) is 17.1 Å². The zero-order valence-corrected chi connectivity index (χ0v) is 17.4. The minimum absolute atomic E-state index is 0.0651. The van der Waals surface area contributed by atoms with Crippen molar-refractivity contribution < 1.29 is 18.0 Å². The fourth-order valence-corrected chi connectivity index (χ4v) is 3.76. The third-order valence-corrected chi connectivity index (χ3v) is 5.80. The maximum absolute atomic E-state index is 13.6. The third kappa shape index (κ3) is 4.09. The van der Waals surface area contributed by atoms with Crippen molar-refractivity contribution in [2.75, 3.05) is 7.05 Å². The fourth-order valence-electron chi connectivity index (χ4n) is 3.06. The molecular weight excluding hydrogens is 425 g/mol. The Balaban J connectivity index is 1.70. The number of carbonyl (C=O) groups excluding carboxylic acids is 1. The lowest BCUT2D eigenvalue weighted by Gasteiger charge is -2.24. The number of rotatable bonds is 5. The summed E-state index contributed by atoms with van der Waals surface area (Å²) in [5, 5.41) is 6.23. The second-order valence-electron chi connectivity index (χ2n) is 6.89. The highest BCUT2D eigenvalue weighted by Gasteiger charge is 2.26. The second kappa shape index (κ2) is 8.35. The van der Waals surface area contributed by atoms with Gasteiger partial charge >= 0.3 is 0 Å². The van der Waals surface area contributed by atoms with Gasteiger partial charge in [0, 0.05) is 7.05 Å². The van der Waals surface area contributed by atoms with Gasteiger partial charge in [-0.25, -0.2) is 22.8 Å². The molecule has 4 aromatic rings. The van der Waals surface area contributed by atoms with E-state index in [0.717, 1.165) is 17.0 Å². The summed E-state index contributed by atoms with van der Waals surface area (Å²) in [6.45, 7) is 1.70. The predicted molar refractivity (Wildman–Crippen MR) is 111 cm³/mol. The maximum atomic E-state index is 13.6. The van der Waals surface area contributed by atoms with E-state index in [1.807, 2.05) is 17.5 Å². The quantitative estimate of drug-likeness (QED) is 0.424. The minimum Gasteiger partial charge on any atom is -0.332 e. The summed E-state index contributed by atoms with van der Waals surface area (Å²) in [7, 11) is 1.54. The molecule has 0 bridgehead atoms. The topological polar surface area (TPSA) is 51.0 Å². The molecule has 0 fully saturated rings. The van der Waals surface area contributed by atoms with E-state index in [2.05, 4.69) is 10.1 Å². The van der Waals surface area contributed by atoms with Gasteiger partial charge in [-0.2, -0.15) is 0 Å². The van der Waals surface area contributed by atoms with E-state index in [4.69, 9.17) is 0 Å². The minimum atomic E-state index is -0.983. The smallest absolute Gasteiger partial charge is 0.293 e. The molecule has 0 saturated heterocycles. The standard InChI is InChI=1S/C22H17F3N4OS/c1-13(14-5-10-17(24)18(25)12-14)28(2)22(30)20-26-21(19-4-3-11-31-19)29(27-20)16-8-6-15(23)7-9-16/h3-13H,1-2H3. The average molecular weight is 442 g/mol. The van der Waals surface area contributed by atoms with Crippen molar-refractivity contribution in [2.45, 2.75) is 13.0 Å². The van der Waals surface area contributed by atoms with E-state index in [1.165, 1.54) is 46.2 Å². The lowest BCUT2D eigenvalue weighted by atomic mass is 10.1. The van der Waals surface area contributed by atoms with E-state index >= 15 is 0 Å². The number of benzene rings is 2. The Bertz CT molecular complexity index is 1220. The van der Waals surface area contributed by atoms with Crippen LogP contribution in [0, 0.1) is 17.5 Å². The fraction of sp³-hybridized carbons (Fsp3) is 0.136. The van der Waals surface area contributed by atoms with Gasteiger partial charge in [-0.15, -0.1) is 16.4 Å². The van der Waals surface area contributed by atoms with Crippen LogP contribution in [0.5, 0.6) is 0 Å². The van der Waals surface area contributed by atoms with Gasteiger partial charge < -0.3 is 4.90 Å². The first-order valence-corrected chi connectivity index (χ1v) is 10.2. The first-order chi connectivity index (χ1) is 14.8. The van der Waals surface area contributed by atoms with Crippen LogP contribution in [0.3, 0.4) is 0 Å². The molecule has 0 aliphatic carbocycles. The SMILES string of the molecule is CC(c1ccc(F)c(F)c1)N(C)C(=O)c1nc(-c2cccs2)n(-c2ccc(F)cc2)n1. The Morgan fingerprint density at radius 1 is 1.06 bits per heavy atom. The van der Waals surface area contributed by atoms with Crippen molar-refractivity contribution in [1.82, 2.24) is 19.7 Å². The molecule has 2 aromatic carbocycles. The summed E-state index contributed by atoms with van der Waals surface area (Å²) in [5.74, 6) is -2.44. The number of nitrogens with zero attached hydrogens (tertiary/aromatic N) is 4. The summed E-state index contributed by atoms with van der Waals surface area (Å²) in [6, 6.07) is 12.3. The molecule has 0 saturated carbocycles. The Hall–Kier alpha value is -3.46. The van der Waals surface area contributed by atoms with Crippen LogP contribution in [0.2, 0.25) is 0 Å². The Morgan fingerprint density at radius 3 is 2.45 bits per heavy atom. The zero-order valence-electron chi connectivity index (χ0n) is 16.6. The Labute approximate surface area is 180 Å². The number of halogens is 3. The molecular formula is C22H17F3N4OS. The molecule has 2 aromatic heterocycles. The maximum Gasteiger partial charge on any atom is 0.293 e. The van der Waals surface area contributed by atoms with Crippen LogP contribution < -0.4 is 0 Å². The van der Waals surface area contributed by atoms with Gasteiger partial charge in [0.1, 0.15) is 5.82 Å². The zero-order chi connectivity index (χ0) is 22.1. The molecule has 31 heavy (non-hydrogen) atoms. The van der Waals surface area contributed by atoms with Gasteiger partial charge in [0.2, 0.25) is 5.82 Å². The van der Waals surface area contributed by atoms with Crippen LogP contribution in [0.1, 0.15) is 29.1 Å². The van der Waals surface area contributed by atoms with E-state index in [-0.39, 0.29) is 5.82 Å². The van der Waals surface area contributed by atoms with Gasteiger partial charge in [0.05, 0.1) is 16.6 Å². The number of amides is 1. The molecule has 0 radical (unpaired) electrons. The van der Waals surface area contributed by atoms with Crippen LogP contribution in [0.25, 0.3) is 16.4 Å². The molecule has 0 spiro atoms. The molecule has 158 valence electrons. The lowest BCUT2D eigenvalue weighted by molar-refractivity contribution is 0.0730. The van der Waals surface area contributed by atoms with E-state index in [9.17, 15) is 18.0 Å². The van der Waals surface area contributed by atoms with Crippen LogP contribution >= 0.6 is 11.3 Å². The van der Waals surface area contributed by atoms with Crippen molar-refractivity contribution in [1.29, 1.82) is 0 Å². The molecule has 9 heteroatoms.